The number of benzene rings is 1. The fourth-order valence-corrected chi connectivity index (χ4v) is 3.57. The largest absolute Gasteiger partial charge is 0.416 e. The van der Waals surface area contributed by atoms with Crippen molar-refractivity contribution >= 4 is 0 Å². The molecule has 2 aliphatic heterocycles. The molecule has 2 atom stereocenters. The molecule has 0 aromatic heterocycles. The molecule has 0 aliphatic carbocycles. The van der Waals surface area contributed by atoms with Gasteiger partial charge in [-0.3, -0.25) is 4.90 Å². The van der Waals surface area contributed by atoms with Crippen LogP contribution in [0.15, 0.2) is 29.8 Å². The van der Waals surface area contributed by atoms with E-state index in [4.69, 9.17) is 0 Å². The Morgan fingerprint density at radius 2 is 2.00 bits per heavy atom. The molecule has 1 saturated heterocycles. The zero-order valence-electron chi connectivity index (χ0n) is 12.5. The summed E-state index contributed by atoms with van der Waals surface area (Å²) >= 11 is 0. The summed E-state index contributed by atoms with van der Waals surface area (Å²) in [6, 6.07) is 3.71. The van der Waals surface area contributed by atoms with Crippen molar-refractivity contribution in [2.75, 3.05) is 7.05 Å². The minimum Gasteiger partial charge on any atom is -0.297 e. The molecular formula is C17H19F4N. The van der Waals surface area contributed by atoms with Gasteiger partial charge in [0.2, 0.25) is 0 Å². The topological polar surface area (TPSA) is 3.24 Å². The highest BCUT2D eigenvalue weighted by atomic mass is 19.4. The van der Waals surface area contributed by atoms with Gasteiger partial charge in [0, 0.05) is 12.1 Å². The Morgan fingerprint density at radius 1 is 1.23 bits per heavy atom. The van der Waals surface area contributed by atoms with Gasteiger partial charge < -0.3 is 0 Å². The Labute approximate surface area is 127 Å². The Hall–Kier alpha value is -1.36. The average molecular weight is 313 g/mol. The molecule has 1 fully saturated rings. The fraction of sp³-hybridized carbons (Fsp3) is 0.529. The zero-order valence-corrected chi connectivity index (χ0v) is 12.5. The Kier molecular flexibility index (Phi) is 4.02. The first-order chi connectivity index (χ1) is 10.3. The smallest absolute Gasteiger partial charge is 0.297 e. The third kappa shape index (κ3) is 3.05. The van der Waals surface area contributed by atoms with E-state index >= 15 is 0 Å². The van der Waals surface area contributed by atoms with E-state index in [9.17, 15) is 17.6 Å². The second-order valence-corrected chi connectivity index (χ2v) is 6.33. The lowest BCUT2D eigenvalue weighted by Crippen LogP contribution is -2.46. The van der Waals surface area contributed by atoms with E-state index < -0.39 is 17.6 Å². The van der Waals surface area contributed by atoms with Gasteiger partial charge >= 0.3 is 6.18 Å². The number of piperidine rings is 1. The molecule has 1 nitrogen and oxygen atoms in total. The molecular weight excluding hydrogens is 294 g/mol. The van der Waals surface area contributed by atoms with Gasteiger partial charge in [-0.1, -0.05) is 24.1 Å². The van der Waals surface area contributed by atoms with Crippen molar-refractivity contribution < 1.29 is 17.6 Å². The van der Waals surface area contributed by atoms with Crippen LogP contribution in [0.3, 0.4) is 0 Å². The van der Waals surface area contributed by atoms with E-state index in [0.29, 0.717) is 30.1 Å². The van der Waals surface area contributed by atoms with Crippen molar-refractivity contribution in [2.24, 2.45) is 0 Å². The molecule has 2 aliphatic rings. The van der Waals surface area contributed by atoms with Crippen molar-refractivity contribution in [1.29, 1.82) is 0 Å². The molecule has 0 saturated carbocycles. The van der Waals surface area contributed by atoms with E-state index in [1.807, 2.05) is 0 Å². The number of fused-ring (bicyclic) bond motifs is 2. The van der Waals surface area contributed by atoms with Gasteiger partial charge in [-0.15, -0.1) is 0 Å². The Bertz CT molecular complexity index is 591. The minimum atomic E-state index is -4.50. The van der Waals surface area contributed by atoms with Crippen LogP contribution in [-0.2, 0) is 12.6 Å². The van der Waals surface area contributed by atoms with Gasteiger partial charge in [-0.05, 0) is 50.4 Å². The van der Waals surface area contributed by atoms with Crippen LogP contribution in [0.4, 0.5) is 17.6 Å². The molecule has 2 bridgehead atoms. The predicted octanol–water partition coefficient (Wildman–Crippen LogP) is 4.57. The van der Waals surface area contributed by atoms with Crippen LogP contribution >= 0.6 is 0 Å². The monoisotopic (exact) mass is 313 g/mol. The standard InChI is InChI=1S/C17H19F4N/c1-22-14-3-2-4-15(22)9-11(8-14)7-12-5-6-13(10-16(12)18)17(19,20)21/h5-6,8,10,14-15H,2-4,7,9H2,1H3. The van der Waals surface area contributed by atoms with Crippen LogP contribution in [0.1, 0.15) is 36.8 Å². The first-order valence-corrected chi connectivity index (χ1v) is 7.61. The van der Waals surface area contributed by atoms with E-state index in [1.165, 1.54) is 12.5 Å². The number of alkyl halides is 3. The van der Waals surface area contributed by atoms with Crippen molar-refractivity contribution in [3.8, 4) is 0 Å². The molecule has 0 radical (unpaired) electrons. The van der Waals surface area contributed by atoms with Gasteiger partial charge in [0.1, 0.15) is 5.82 Å². The molecule has 1 aromatic rings. The number of halogens is 4. The van der Waals surface area contributed by atoms with Crippen LogP contribution in [-0.4, -0.2) is 24.0 Å². The third-order valence-electron chi connectivity index (χ3n) is 4.86. The summed E-state index contributed by atoms with van der Waals surface area (Å²) in [5.41, 5.74) is 0.566. The van der Waals surface area contributed by atoms with Gasteiger partial charge in [0.05, 0.1) is 5.56 Å². The van der Waals surface area contributed by atoms with Crippen molar-refractivity contribution in [2.45, 2.75) is 50.4 Å². The van der Waals surface area contributed by atoms with Gasteiger partial charge in [-0.2, -0.15) is 13.2 Å². The first kappa shape index (κ1) is 15.5. The predicted molar refractivity (Wildman–Crippen MR) is 77.0 cm³/mol. The highest BCUT2D eigenvalue weighted by Gasteiger charge is 2.33. The summed E-state index contributed by atoms with van der Waals surface area (Å²) in [5.74, 6) is -0.764. The molecule has 2 heterocycles. The molecule has 0 amide bonds. The molecule has 2 unspecified atom stereocenters. The van der Waals surface area contributed by atoms with Gasteiger partial charge in [-0.25, -0.2) is 4.39 Å². The average Bonchev–Trinajstić information content (AvgIpc) is 2.41. The van der Waals surface area contributed by atoms with Crippen LogP contribution in [0, 0.1) is 5.82 Å². The van der Waals surface area contributed by atoms with E-state index in [0.717, 1.165) is 30.9 Å². The van der Waals surface area contributed by atoms with E-state index in [-0.39, 0.29) is 0 Å². The van der Waals surface area contributed by atoms with Crippen LogP contribution in [0.2, 0.25) is 0 Å². The van der Waals surface area contributed by atoms with Crippen molar-refractivity contribution in [3.63, 3.8) is 0 Å². The summed E-state index contributed by atoms with van der Waals surface area (Å²) in [6.07, 6.45) is 2.41. The van der Waals surface area contributed by atoms with Gasteiger partial charge in [0.25, 0.3) is 0 Å². The molecule has 5 heteroatoms. The number of likely N-dealkylation sites (N-methyl/N-ethyl adjacent to an activating group) is 1. The molecule has 22 heavy (non-hydrogen) atoms. The Morgan fingerprint density at radius 3 is 2.64 bits per heavy atom. The van der Waals surface area contributed by atoms with Crippen molar-refractivity contribution in [3.05, 3.63) is 46.8 Å². The number of hydrogen-bond acceptors (Lipinski definition) is 1. The third-order valence-corrected chi connectivity index (χ3v) is 4.86. The van der Waals surface area contributed by atoms with Gasteiger partial charge in [0.15, 0.2) is 0 Å². The summed E-state index contributed by atoms with van der Waals surface area (Å²) in [6.45, 7) is 0. The number of nitrogens with zero attached hydrogens (tertiary/aromatic N) is 1. The maximum absolute atomic E-state index is 14.0. The fourth-order valence-electron chi connectivity index (χ4n) is 3.57. The molecule has 3 rings (SSSR count). The summed E-state index contributed by atoms with van der Waals surface area (Å²) in [4.78, 5) is 2.36. The van der Waals surface area contributed by atoms with Crippen LogP contribution < -0.4 is 0 Å². The highest BCUT2D eigenvalue weighted by molar-refractivity contribution is 5.31. The summed E-state index contributed by atoms with van der Waals surface area (Å²) in [5, 5.41) is 0. The molecule has 1 aromatic carbocycles. The lowest BCUT2D eigenvalue weighted by Gasteiger charge is -2.42. The normalized spacial score (nSPS) is 26.0. The quantitative estimate of drug-likeness (QED) is 0.571. The maximum atomic E-state index is 14.0. The summed E-state index contributed by atoms with van der Waals surface area (Å²) in [7, 11) is 2.11. The number of rotatable bonds is 2. The second kappa shape index (κ2) is 5.69. The molecule has 120 valence electrons. The van der Waals surface area contributed by atoms with Crippen molar-refractivity contribution in [1.82, 2.24) is 4.90 Å². The lowest BCUT2D eigenvalue weighted by molar-refractivity contribution is -0.137. The zero-order chi connectivity index (χ0) is 15.9. The van der Waals surface area contributed by atoms with Crippen LogP contribution in [0.25, 0.3) is 0 Å². The molecule has 0 spiro atoms. The number of hydrogen-bond donors (Lipinski definition) is 0. The SMILES string of the molecule is CN1C2C=C(Cc3ccc(C(F)(F)F)cc3F)CC1CCC2. The molecule has 0 N–H and O–H groups in total. The van der Waals surface area contributed by atoms with Crippen LogP contribution in [0.5, 0.6) is 0 Å². The van der Waals surface area contributed by atoms with E-state index in [1.54, 1.807) is 0 Å². The first-order valence-electron chi connectivity index (χ1n) is 7.61. The maximum Gasteiger partial charge on any atom is 0.416 e. The summed E-state index contributed by atoms with van der Waals surface area (Å²) < 4.78 is 51.7. The van der Waals surface area contributed by atoms with E-state index in [2.05, 4.69) is 18.0 Å². The minimum absolute atomic E-state index is 0.349. The second-order valence-electron chi connectivity index (χ2n) is 6.33. The highest BCUT2D eigenvalue weighted by Crippen LogP contribution is 2.34. The Balaban J connectivity index is 1.79. The lowest BCUT2D eigenvalue weighted by atomic mass is 9.83.